The van der Waals surface area contributed by atoms with E-state index in [4.69, 9.17) is 5.26 Å². The molecule has 0 N–H and O–H groups in total. The lowest BCUT2D eigenvalue weighted by atomic mass is 9.86. The second-order valence-corrected chi connectivity index (χ2v) is 4.97. The lowest BCUT2D eigenvalue weighted by molar-refractivity contribution is -0.140. The maximum absolute atomic E-state index is 12.2. The largest absolute Gasteiger partial charge is 0.341 e. The summed E-state index contributed by atoms with van der Waals surface area (Å²) in [6.07, 6.45) is 4.01. The molecule has 0 aliphatic carbocycles. The molecule has 1 aliphatic rings. The Morgan fingerprint density at radius 2 is 2.25 bits per heavy atom. The number of hydrogen-bond donors (Lipinski definition) is 0. The van der Waals surface area contributed by atoms with Crippen LogP contribution in [0.2, 0.25) is 0 Å². The van der Waals surface area contributed by atoms with E-state index in [1.165, 1.54) is 6.42 Å². The van der Waals surface area contributed by atoms with Gasteiger partial charge in [0, 0.05) is 13.1 Å². The van der Waals surface area contributed by atoms with Gasteiger partial charge < -0.3 is 4.90 Å². The molecule has 1 aliphatic heterocycles. The van der Waals surface area contributed by atoms with Gasteiger partial charge in [-0.1, -0.05) is 20.3 Å². The molecular formula is C13H22N2O. The van der Waals surface area contributed by atoms with Crippen LogP contribution in [0.3, 0.4) is 0 Å². The van der Waals surface area contributed by atoms with Crippen molar-refractivity contribution in [3.8, 4) is 6.07 Å². The highest BCUT2D eigenvalue weighted by Gasteiger charge is 2.36. The molecule has 0 aromatic rings. The monoisotopic (exact) mass is 222 g/mol. The van der Waals surface area contributed by atoms with Gasteiger partial charge in [0.05, 0.1) is 6.07 Å². The van der Waals surface area contributed by atoms with Crippen molar-refractivity contribution >= 4 is 5.91 Å². The summed E-state index contributed by atoms with van der Waals surface area (Å²) in [4.78, 5) is 14.1. The summed E-state index contributed by atoms with van der Waals surface area (Å²) in [6, 6.07) is 2.17. The van der Waals surface area contributed by atoms with Crippen LogP contribution < -0.4 is 0 Å². The van der Waals surface area contributed by atoms with E-state index in [2.05, 4.69) is 13.0 Å². The number of carbonyl (C=O) groups excluding carboxylic acids is 1. The zero-order valence-electron chi connectivity index (χ0n) is 10.6. The molecule has 90 valence electrons. The lowest BCUT2D eigenvalue weighted by Crippen LogP contribution is -2.46. The van der Waals surface area contributed by atoms with Gasteiger partial charge in [-0.05, 0) is 32.1 Å². The van der Waals surface area contributed by atoms with Crippen LogP contribution in [0, 0.1) is 22.7 Å². The molecule has 0 aromatic heterocycles. The van der Waals surface area contributed by atoms with Gasteiger partial charge in [-0.15, -0.1) is 0 Å². The first kappa shape index (κ1) is 13.0. The first-order valence-corrected chi connectivity index (χ1v) is 6.28. The third-order valence-corrected chi connectivity index (χ3v) is 3.81. The Bertz CT molecular complexity index is 295. The number of nitrogens with zero attached hydrogens (tertiary/aromatic N) is 2. The van der Waals surface area contributed by atoms with Gasteiger partial charge in [-0.3, -0.25) is 4.79 Å². The zero-order chi connectivity index (χ0) is 12.2. The van der Waals surface area contributed by atoms with Gasteiger partial charge in [-0.2, -0.15) is 5.26 Å². The minimum absolute atomic E-state index is 0.0238. The molecule has 0 spiro atoms. The lowest BCUT2D eigenvalue weighted by Gasteiger charge is -2.36. The Morgan fingerprint density at radius 3 is 2.75 bits per heavy atom. The molecule has 1 heterocycles. The van der Waals surface area contributed by atoms with Crippen LogP contribution in [0.25, 0.3) is 0 Å². The van der Waals surface area contributed by atoms with E-state index in [9.17, 15) is 4.79 Å². The van der Waals surface area contributed by atoms with Gasteiger partial charge >= 0.3 is 0 Å². The number of amides is 1. The van der Waals surface area contributed by atoms with Gasteiger partial charge in [0.25, 0.3) is 0 Å². The number of hydrogen-bond acceptors (Lipinski definition) is 2. The molecule has 2 atom stereocenters. The Labute approximate surface area is 98.4 Å². The molecule has 3 heteroatoms. The SMILES string of the molecule is CCC1CCCN(C(=O)C(C)(C#N)CC)C1. The summed E-state index contributed by atoms with van der Waals surface area (Å²) in [7, 11) is 0. The van der Waals surface area contributed by atoms with Gasteiger partial charge in [0.1, 0.15) is 5.41 Å². The summed E-state index contributed by atoms with van der Waals surface area (Å²) in [5.41, 5.74) is -0.824. The number of likely N-dealkylation sites (tertiary alicyclic amines) is 1. The number of rotatable bonds is 3. The number of piperidine rings is 1. The van der Waals surface area contributed by atoms with Crippen molar-refractivity contribution in [3.63, 3.8) is 0 Å². The molecule has 2 unspecified atom stereocenters. The van der Waals surface area contributed by atoms with Crippen LogP contribution in [-0.4, -0.2) is 23.9 Å². The van der Waals surface area contributed by atoms with Crippen molar-refractivity contribution in [3.05, 3.63) is 0 Å². The highest BCUT2D eigenvalue weighted by molar-refractivity contribution is 5.85. The molecule has 3 nitrogen and oxygen atoms in total. The fourth-order valence-electron chi connectivity index (χ4n) is 2.21. The second kappa shape index (κ2) is 5.34. The van der Waals surface area contributed by atoms with Gasteiger partial charge in [-0.25, -0.2) is 0 Å². The summed E-state index contributed by atoms with van der Waals surface area (Å²) in [5, 5.41) is 9.11. The van der Waals surface area contributed by atoms with E-state index in [0.717, 1.165) is 25.9 Å². The molecule has 0 aromatic carbocycles. The van der Waals surface area contributed by atoms with E-state index in [1.807, 2.05) is 11.8 Å². The van der Waals surface area contributed by atoms with Gasteiger partial charge in [0.2, 0.25) is 5.91 Å². The summed E-state index contributed by atoms with van der Waals surface area (Å²) in [6.45, 7) is 7.49. The average Bonchev–Trinajstić information content (AvgIpc) is 2.37. The van der Waals surface area contributed by atoms with Crippen molar-refractivity contribution in [1.29, 1.82) is 5.26 Å². The summed E-state index contributed by atoms with van der Waals surface area (Å²) in [5.74, 6) is 0.646. The molecule has 1 amide bonds. The zero-order valence-corrected chi connectivity index (χ0v) is 10.6. The fraction of sp³-hybridized carbons (Fsp3) is 0.846. The highest BCUT2D eigenvalue weighted by Crippen LogP contribution is 2.27. The van der Waals surface area contributed by atoms with Crippen LogP contribution in [0.4, 0.5) is 0 Å². The molecule has 0 bridgehead atoms. The third kappa shape index (κ3) is 2.55. The first-order valence-electron chi connectivity index (χ1n) is 6.28. The van der Waals surface area contributed by atoms with E-state index < -0.39 is 5.41 Å². The van der Waals surface area contributed by atoms with E-state index in [0.29, 0.717) is 12.3 Å². The van der Waals surface area contributed by atoms with E-state index >= 15 is 0 Å². The smallest absolute Gasteiger partial charge is 0.242 e. The van der Waals surface area contributed by atoms with E-state index in [-0.39, 0.29) is 5.91 Å². The Kier molecular flexibility index (Phi) is 4.35. The van der Waals surface area contributed by atoms with Crippen LogP contribution in [-0.2, 0) is 4.79 Å². The second-order valence-electron chi connectivity index (χ2n) is 4.97. The maximum atomic E-state index is 12.2. The van der Waals surface area contributed by atoms with Crippen molar-refractivity contribution in [1.82, 2.24) is 4.90 Å². The van der Waals surface area contributed by atoms with Crippen LogP contribution in [0.15, 0.2) is 0 Å². The number of nitriles is 1. The average molecular weight is 222 g/mol. The molecular weight excluding hydrogens is 200 g/mol. The standard InChI is InChI=1S/C13H22N2O/c1-4-11-7-6-8-15(9-11)12(16)13(3,5-2)10-14/h11H,4-9H2,1-3H3. The van der Waals surface area contributed by atoms with Crippen molar-refractivity contribution < 1.29 is 4.79 Å². The van der Waals surface area contributed by atoms with Crippen molar-refractivity contribution in [2.45, 2.75) is 46.5 Å². The summed E-state index contributed by atoms with van der Waals surface area (Å²) < 4.78 is 0. The van der Waals surface area contributed by atoms with Gasteiger partial charge in [0.15, 0.2) is 0 Å². The Morgan fingerprint density at radius 1 is 1.56 bits per heavy atom. The van der Waals surface area contributed by atoms with E-state index in [1.54, 1.807) is 6.92 Å². The van der Waals surface area contributed by atoms with Crippen LogP contribution in [0.5, 0.6) is 0 Å². The Hall–Kier alpha value is -1.04. The van der Waals surface area contributed by atoms with Crippen LogP contribution >= 0.6 is 0 Å². The molecule has 0 saturated carbocycles. The minimum atomic E-state index is -0.824. The predicted molar refractivity (Wildman–Crippen MR) is 63.6 cm³/mol. The Balaban J connectivity index is 2.70. The summed E-state index contributed by atoms with van der Waals surface area (Å²) >= 11 is 0. The van der Waals surface area contributed by atoms with Crippen molar-refractivity contribution in [2.75, 3.05) is 13.1 Å². The van der Waals surface area contributed by atoms with Crippen LogP contribution in [0.1, 0.15) is 46.5 Å². The molecule has 16 heavy (non-hydrogen) atoms. The first-order chi connectivity index (χ1) is 7.57. The number of carbonyl (C=O) groups is 1. The molecule has 1 saturated heterocycles. The quantitative estimate of drug-likeness (QED) is 0.736. The highest BCUT2D eigenvalue weighted by atomic mass is 16.2. The minimum Gasteiger partial charge on any atom is -0.341 e. The fourth-order valence-corrected chi connectivity index (χ4v) is 2.21. The predicted octanol–water partition coefficient (Wildman–Crippen LogP) is 2.57. The maximum Gasteiger partial charge on any atom is 0.242 e. The van der Waals surface area contributed by atoms with Crippen molar-refractivity contribution in [2.24, 2.45) is 11.3 Å². The molecule has 1 fully saturated rings. The molecule has 1 rings (SSSR count). The topological polar surface area (TPSA) is 44.1 Å². The normalized spacial score (nSPS) is 24.6. The molecule has 0 radical (unpaired) electrons. The third-order valence-electron chi connectivity index (χ3n) is 3.81.